The summed E-state index contributed by atoms with van der Waals surface area (Å²) < 4.78 is 5.70. The van der Waals surface area contributed by atoms with Crippen LogP contribution in [0.4, 0.5) is 0 Å². The smallest absolute Gasteiger partial charge is 0.253 e. The van der Waals surface area contributed by atoms with Gasteiger partial charge in [-0.2, -0.15) is 0 Å². The fourth-order valence-electron chi connectivity index (χ4n) is 3.05. The van der Waals surface area contributed by atoms with E-state index >= 15 is 0 Å². The van der Waals surface area contributed by atoms with Crippen molar-refractivity contribution in [1.29, 1.82) is 0 Å². The summed E-state index contributed by atoms with van der Waals surface area (Å²) in [6.45, 7) is 6.80. The second kappa shape index (κ2) is 7.03. The molecule has 22 heavy (non-hydrogen) atoms. The molecule has 0 radical (unpaired) electrons. The molecule has 3 rings (SSSR count). The quantitative estimate of drug-likeness (QED) is 0.847. The first kappa shape index (κ1) is 15.2. The Labute approximate surface area is 131 Å². The Balaban J connectivity index is 1.66. The Morgan fingerprint density at radius 1 is 1.36 bits per heavy atom. The van der Waals surface area contributed by atoms with Gasteiger partial charge in [-0.1, -0.05) is 13.0 Å². The number of carbonyl (C=O) groups is 1. The molecule has 118 valence electrons. The number of morpholine rings is 1. The summed E-state index contributed by atoms with van der Waals surface area (Å²) in [6, 6.07) is 3.99. The summed E-state index contributed by atoms with van der Waals surface area (Å²) in [6.07, 6.45) is 6.39. The largest absolute Gasteiger partial charge is 0.366 e. The van der Waals surface area contributed by atoms with Crippen LogP contribution >= 0.6 is 0 Å². The van der Waals surface area contributed by atoms with E-state index in [2.05, 4.69) is 22.9 Å². The number of aromatic nitrogens is 1. The monoisotopic (exact) mass is 301 g/mol. The van der Waals surface area contributed by atoms with Gasteiger partial charge in [-0.05, 0) is 36.2 Å². The number of rotatable bonds is 3. The minimum atomic E-state index is -0.314. The van der Waals surface area contributed by atoms with Crippen molar-refractivity contribution in [3.05, 3.63) is 36.2 Å². The number of ether oxygens (including phenoxy) is 1. The zero-order valence-electron chi connectivity index (χ0n) is 13.1. The van der Waals surface area contributed by atoms with Gasteiger partial charge in [-0.3, -0.25) is 14.7 Å². The number of pyridine rings is 1. The summed E-state index contributed by atoms with van der Waals surface area (Å²) in [4.78, 5) is 21.0. The second-order valence-electron chi connectivity index (χ2n) is 5.77. The van der Waals surface area contributed by atoms with Crippen molar-refractivity contribution in [2.45, 2.75) is 19.4 Å². The number of hydrogen-bond donors (Lipinski definition) is 0. The molecule has 3 heterocycles. The van der Waals surface area contributed by atoms with Crippen LogP contribution in [0.5, 0.6) is 0 Å². The summed E-state index contributed by atoms with van der Waals surface area (Å²) in [5, 5.41) is 0. The Morgan fingerprint density at radius 3 is 2.95 bits per heavy atom. The average molecular weight is 301 g/mol. The number of carbonyl (C=O) groups excluding carboxylic acids is 1. The van der Waals surface area contributed by atoms with Crippen LogP contribution in [0.1, 0.15) is 18.9 Å². The van der Waals surface area contributed by atoms with Gasteiger partial charge < -0.3 is 9.64 Å². The molecular weight excluding hydrogens is 278 g/mol. The third kappa shape index (κ3) is 3.36. The lowest BCUT2D eigenvalue weighted by Crippen LogP contribution is -2.51. The molecule has 0 saturated carbocycles. The van der Waals surface area contributed by atoms with E-state index in [1.165, 1.54) is 5.57 Å². The molecule has 0 aliphatic carbocycles. The highest BCUT2D eigenvalue weighted by Gasteiger charge is 2.30. The van der Waals surface area contributed by atoms with Crippen molar-refractivity contribution in [2.75, 3.05) is 39.3 Å². The van der Waals surface area contributed by atoms with E-state index in [0.717, 1.165) is 31.6 Å². The van der Waals surface area contributed by atoms with Crippen LogP contribution in [-0.4, -0.2) is 66.1 Å². The first-order valence-corrected chi connectivity index (χ1v) is 8.00. The molecule has 2 aliphatic heterocycles. The molecular formula is C17H23N3O2. The van der Waals surface area contributed by atoms with Gasteiger partial charge in [0.2, 0.25) is 0 Å². The normalized spacial score (nSPS) is 23.2. The summed E-state index contributed by atoms with van der Waals surface area (Å²) >= 11 is 0. The van der Waals surface area contributed by atoms with Crippen molar-refractivity contribution >= 4 is 11.5 Å². The zero-order chi connectivity index (χ0) is 15.4. The Hall–Kier alpha value is -1.72. The Kier molecular flexibility index (Phi) is 4.85. The number of nitrogens with zero attached hydrogens (tertiary/aromatic N) is 3. The van der Waals surface area contributed by atoms with Crippen LogP contribution in [-0.2, 0) is 9.53 Å². The molecule has 0 aromatic carbocycles. The summed E-state index contributed by atoms with van der Waals surface area (Å²) in [7, 11) is 0. The SMILES string of the molecule is CCN1CCOC(C(=O)N2CCC=C(c3ccncc3)C2)C1. The first-order valence-electron chi connectivity index (χ1n) is 8.00. The molecule has 1 saturated heterocycles. The van der Waals surface area contributed by atoms with Crippen LogP contribution in [0.2, 0.25) is 0 Å². The van der Waals surface area contributed by atoms with Crippen molar-refractivity contribution in [3.63, 3.8) is 0 Å². The minimum absolute atomic E-state index is 0.123. The second-order valence-corrected chi connectivity index (χ2v) is 5.77. The van der Waals surface area contributed by atoms with Crippen molar-refractivity contribution < 1.29 is 9.53 Å². The highest BCUT2D eigenvalue weighted by Crippen LogP contribution is 2.21. The maximum Gasteiger partial charge on any atom is 0.253 e. The van der Waals surface area contributed by atoms with Gasteiger partial charge in [-0.15, -0.1) is 0 Å². The van der Waals surface area contributed by atoms with Crippen molar-refractivity contribution in [3.8, 4) is 0 Å². The predicted molar refractivity (Wildman–Crippen MR) is 85.3 cm³/mol. The average Bonchev–Trinajstić information content (AvgIpc) is 2.62. The molecule has 1 amide bonds. The van der Waals surface area contributed by atoms with E-state index in [4.69, 9.17) is 4.74 Å². The van der Waals surface area contributed by atoms with Gasteiger partial charge in [0.25, 0.3) is 5.91 Å². The van der Waals surface area contributed by atoms with Gasteiger partial charge >= 0.3 is 0 Å². The standard InChI is InChI=1S/C17H23N3O2/c1-2-19-10-11-22-16(13-19)17(21)20-9-3-4-15(12-20)14-5-7-18-8-6-14/h4-8,16H,2-3,9-13H2,1H3. The fraction of sp³-hybridized carbons (Fsp3) is 0.529. The zero-order valence-corrected chi connectivity index (χ0v) is 13.1. The molecule has 2 aliphatic rings. The molecule has 1 aromatic rings. The Morgan fingerprint density at radius 2 is 2.18 bits per heavy atom. The lowest BCUT2D eigenvalue weighted by atomic mass is 10.0. The number of likely N-dealkylation sites (N-methyl/N-ethyl adjacent to an activating group) is 1. The predicted octanol–water partition coefficient (Wildman–Crippen LogP) is 1.42. The summed E-state index contributed by atoms with van der Waals surface area (Å²) in [5.74, 6) is 0.123. The molecule has 0 bridgehead atoms. The van der Waals surface area contributed by atoms with Crippen molar-refractivity contribution in [2.24, 2.45) is 0 Å². The van der Waals surface area contributed by atoms with Crippen LogP contribution < -0.4 is 0 Å². The highest BCUT2D eigenvalue weighted by atomic mass is 16.5. The minimum Gasteiger partial charge on any atom is -0.366 e. The van der Waals surface area contributed by atoms with Gasteiger partial charge in [0.1, 0.15) is 6.10 Å². The molecule has 1 fully saturated rings. The molecule has 0 spiro atoms. The fourth-order valence-corrected chi connectivity index (χ4v) is 3.05. The topological polar surface area (TPSA) is 45.7 Å². The maximum atomic E-state index is 12.7. The first-order chi connectivity index (χ1) is 10.8. The highest BCUT2D eigenvalue weighted by molar-refractivity contribution is 5.84. The van der Waals surface area contributed by atoms with Crippen LogP contribution in [0.25, 0.3) is 5.57 Å². The molecule has 1 aromatic heterocycles. The van der Waals surface area contributed by atoms with Gasteiger partial charge in [0.05, 0.1) is 6.61 Å². The van der Waals surface area contributed by atoms with E-state index in [9.17, 15) is 4.79 Å². The lowest BCUT2D eigenvalue weighted by Gasteiger charge is -2.35. The third-order valence-corrected chi connectivity index (χ3v) is 4.39. The number of hydrogen-bond acceptors (Lipinski definition) is 4. The van der Waals surface area contributed by atoms with Crippen LogP contribution in [0.3, 0.4) is 0 Å². The summed E-state index contributed by atoms with van der Waals surface area (Å²) in [5.41, 5.74) is 2.34. The molecule has 1 atom stereocenters. The molecule has 5 heteroatoms. The van der Waals surface area contributed by atoms with E-state index in [1.54, 1.807) is 12.4 Å². The van der Waals surface area contributed by atoms with Crippen LogP contribution in [0, 0.1) is 0 Å². The van der Waals surface area contributed by atoms with Gasteiger partial charge in [0, 0.05) is 38.6 Å². The van der Waals surface area contributed by atoms with E-state index < -0.39 is 0 Å². The van der Waals surface area contributed by atoms with E-state index in [-0.39, 0.29) is 12.0 Å². The maximum absolute atomic E-state index is 12.7. The van der Waals surface area contributed by atoms with Crippen LogP contribution in [0.15, 0.2) is 30.6 Å². The Bertz CT molecular complexity index is 544. The van der Waals surface area contributed by atoms with Gasteiger partial charge in [-0.25, -0.2) is 0 Å². The third-order valence-electron chi connectivity index (χ3n) is 4.39. The van der Waals surface area contributed by atoms with E-state index in [0.29, 0.717) is 19.7 Å². The number of amides is 1. The van der Waals surface area contributed by atoms with Gasteiger partial charge in [0.15, 0.2) is 0 Å². The lowest BCUT2D eigenvalue weighted by molar-refractivity contribution is -0.148. The molecule has 5 nitrogen and oxygen atoms in total. The molecule has 0 N–H and O–H groups in total. The molecule has 1 unspecified atom stereocenters. The van der Waals surface area contributed by atoms with Crippen molar-refractivity contribution in [1.82, 2.24) is 14.8 Å². The van der Waals surface area contributed by atoms with E-state index in [1.807, 2.05) is 17.0 Å².